The molecule has 3 heteroatoms. The molecule has 10 heavy (non-hydrogen) atoms. The molecule has 0 N–H and O–H groups in total. The third kappa shape index (κ3) is 2.03. The maximum absolute atomic E-state index is 4.10. The zero-order chi connectivity index (χ0) is 6.69. The molecule has 0 atom stereocenters. The van der Waals surface area contributed by atoms with Crippen LogP contribution in [0.4, 0.5) is 0 Å². The summed E-state index contributed by atoms with van der Waals surface area (Å²) < 4.78 is 2.15. The Balaban J connectivity index is 0.000000810. The van der Waals surface area contributed by atoms with Crippen molar-refractivity contribution in [2.24, 2.45) is 0 Å². The van der Waals surface area contributed by atoms with Crippen molar-refractivity contribution < 1.29 is 0 Å². The van der Waals surface area contributed by atoms with E-state index < -0.39 is 0 Å². The maximum atomic E-state index is 4.10. The molecule has 1 aromatic heterocycles. The Hall–Kier alpha value is -0.500. The third-order valence-corrected chi connectivity index (χ3v) is 1.39. The molecular formula is C7H13ClN2. The highest BCUT2D eigenvalue weighted by Crippen LogP contribution is 1.95. The van der Waals surface area contributed by atoms with Crippen LogP contribution >= 0.6 is 12.4 Å². The summed E-state index contributed by atoms with van der Waals surface area (Å²) in [6.07, 6.45) is 5.03. The molecule has 1 aromatic rings. The van der Waals surface area contributed by atoms with Crippen LogP contribution in [0, 0.1) is 6.92 Å². The molecule has 0 aromatic carbocycles. The Bertz CT molecular complexity index is 183. The SMILES string of the molecule is CCCn1ccnc1C.Cl. The fourth-order valence-corrected chi connectivity index (χ4v) is 0.881. The van der Waals surface area contributed by atoms with Gasteiger partial charge in [-0.3, -0.25) is 0 Å². The zero-order valence-electron chi connectivity index (χ0n) is 6.37. The van der Waals surface area contributed by atoms with Crippen LogP contribution in [0.15, 0.2) is 12.4 Å². The summed E-state index contributed by atoms with van der Waals surface area (Å²) in [6, 6.07) is 0. The van der Waals surface area contributed by atoms with Crippen molar-refractivity contribution in [2.45, 2.75) is 26.8 Å². The van der Waals surface area contributed by atoms with E-state index in [4.69, 9.17) is 0 Å². The van der Waals surface area contributed by atoms with Gasteiger partial charge in [0.05, 0.1) is 0 Å². The van der Waals surface area contributed by atoms with Gasteiger partial charge < -0.3 is 4.57 Å². The highest BCUT2D eigenvalue weighted by atomic mass is 35.5. The van der Waals surface area contributed by atoms with Crippen LogP contribution in [0.2, 0.25) is 0 Å². The molecule has 2 nitrogen and oxygen atoms in total. The first-order valence-electron chi connectivity index (χ1n) is 3.32. The van der Waals surface area contributed by atoms with Gasteiger partial charge in [-0.2, -0.15) is 0 Å². The topological polar surface area (TPSA) is 17.8 Å². The van der Waals surface area contributed by atoms with Crippen molar-refractivity contribution >= 4 is 12.4 Å². The molecule has 0 unspecified atom stereocenters. The fourth-order valence-electron chi connectivity index (χ4n) is 0.881. The van der Waals surface area contributed by atoms with Gasteiger partial charge in [0.25, 0.3) is 0 Å². The van der Waals surface area contributed by atoms with Gasteiger partial charge in [0.2, 0.25) is 0 Å². The smallest absolute Gasteiger partial charge is 0.105 e. The Kier molecular flexibility index (Phi) is 4.12. The van der Waals surface area contributed by atoms with E-state index in [1.165, 1.54) is 6.42 Å². The van der Waals surface area contributed by atoms with Gasteiger partial charge >= 0.3 is 0 Å². The third-order valence-electron chi connectivity index (χ3n) is 1.39. The second-order valence-corrected chi connectivity index (χ2v) is 2.17. The number of aryl methyl sites for hydroxylation is 2. The maximum Gasteiger partial charge on any atom is 0.105 e. The van der Waals surface area contributed by atoms with E-state index >= 15 is 0 Å². The predicted octanol–water partition coefficient (Wildman–Crippen LogP) is 2.02. The van der Waals surface area contributed by atoms with Gasteiger partial charge in [0, 0.05) is 18.9 Å². The van der Waals surface area contributed by atoms with Crippen molar-refractivity contribution in [1.29, 1.82) is 0 Å². The van der Waals surface area contributed by atoms with Crippen LogP contribution in [0.5, 0.6) is 0 Å². The summed E-state index contributed by atoms with van der Waals surface area (Å²) >= 11 is 0. The lowest BCUT2D eigenvalue weighted by Crippen LogP contribution is -1.96. The molecule has 0 bridgehead atoms. The highest BCUT2D eigenvalue weighted by molar-refractivity contribution is 5.85. The number of aromatic nitrogens is 2. The van der Waals surface area contributed by atoms with Gasteiger partial charge in [0.1, 0.15) is 5.82 Å². The fraction of sp³-hybridized carbons (Fsp3) is 0.571. The summed E-state index contributed by atoms with van der Waals surface area (Å²) in [5.41, 5.74) is 0. The van der Waals surface area contributed by atoms with Gasteiger partial charge in [-0.15, -0.1) is 12.4 Å². The molecule has 58 valence electrons. The van der Waals surface area contributed by atoms with E-state index in [0.717, 1.165) is 12.4 Å². The molecule has 0 aliphatic carbocycles. The predicted molar refractivity (Wildman–Crippen MR) is 44.5 cm³/mol. The number of hydrogen-bond acceptors (Lipinski definition) is 1. The quantitative estimate of drug-likeness (QED) is 0.648. The van der Waals surface area contributed by atoms with E-state index in [9.17, 15) is 0 Å². The Morgan fingerprint density at radius 1 is 1.60 bits per heavy atom. The first kappa shape index (κ1) is 9.50. The zero-order valence-corrected chi connectivity index (χ0v) is 7.19. The van der Waals surface area contributed by atoms with Crippen LogP contribution in [0.1, 0.15) is 19.2 Å². The summed E-state index contributed by atoms with van der Waals surface area (Å²) in [4.78, 5) is 4.10. The van der Waals surface area contributed by atoms with Crippen molar-refractivity contribution in [1.82, 2.24) is 9.55 Å². The normalized spacial score (nSPS) is 9.00. The number of imidazole rings is 1. The van der Waals surface area contributed by atoms with Crippen LogP contribution < -0.4 is 0 Å². The second kappa shape index (κ2) is 4.34. The average molecular weight is 161 g/mol. The lowest BCUT2D eigenvalue weighted by molar-refractivity contribution is 0.658. The average Bonchev–Trinajstić information content (AvgIpc) is 2.18. The standard InChI is InChI=1S/C7H12N2.ClH/c1-3-5-9-6-4-8-7(9)2;/h4,6H,3,5H2,1-2H3;1H. The minimum Gasteiger partial charge on any atom is -0.335 e. The number of halogens is 1. The molecule has 1 rings (SSSR count). The molecule has 1 heterocycles. The van der Waals surface area contributed by atoms with E-state index in [2.05, 4.69) is 16.5 Å². The lowest BCUT2D eigenvalue weighted by atomic mass is 10.5. The van der Waals surface area contributed by atoms with Crippen LogP contribution in [0.25, 0.3) is 0 Å². The summed E-state index contributed by atoms with van der Waals surface area (Å²) in [5.74, 6) is 1.11. The van der Waals surface area contributed by atoms with Crippen molar-refractivity contribution in [3.8, 4) is 0 Å². The van der Waals surface area contributed by atoms with E-state index in [1.807, 2.05) is 19.3 Å². The molecule has 0 spiro atoms. The molecule has 0 aliphatic rings. The van der Waals surface area contributed by atoms with Crippen LogP contribution in [-0.4, -0.2) is 9.55 Å². The van der Waals surface area contributed by atoms with Gasteiger partial charge in [0.15, 0.2) is 0 Å². The van der Waals surface area contributed by atoms with Crippen molar-refractivity contribution in [2.75, 3.05) is 0 Å². The van der Waals surface area contributed by atoms with Gasteiger partial charge in [-0.1, -0.05) is 6.92 Å². The largest absolute Gasteiger partial charge is 0.335 e. The summed E-state index contributed by atoms with van der Waals surface area (Å²) in [7, 11) is 0. The summed E-state index contributed by atoms with van der Waals surface area (Å²) in [6.45, 7) is 5.28. The first-order valence-corrected chi connectivity index (χ1v) is 3.32. The van der Waals surface area contributed by atoms with E-state index in [0.29, 0.717) is 0 Å². The molecule has 0 saturated heterocycles. The molecule has 0 amide bonds. The van der Waals surface area contributed by atoms with Crippen LogP contribution in [-0.2, 0) is 6.54 Å². The van der Waals surface area contributed by atoms with Crippen molar-refractivity contribution in [3.05, 3.63) is 18.2 Å². The van der Waals surface area contributed by atoms with E-state index in [-0.39, 0.29) is 12.4 Å². The molecular weight excluding hydrogens is 148 g/mol. The van der Waals surface area contributed by atoms with E-state index in [1.54, 1.807) is 0 Å². The molecule has 0 aliphatic heterocycles. The molecule has 0 radical (unpaired) electrons. The minimum atomic E-state index is 0. The molecule has 0 fully saturated rings. The monoisotopic (exact) mass is 160 g/mol. The van der Waals surface area contributed by atoms with Gasteiger partial charge in [-0.05, 0) is 13.3 Å². The Labute approximate surface area is 67.7 Å². The number of hydrogen-bond donors (Lipinski definition) is 0. The number of rotatable bonds is 2. The second-order valence-electron chi connectivity index (χ2n) is 2.17. The lowest BCUT2D eigenvalue weighted by Gasteiger charge is -1.99. The van der Waals surface area contributed by atoms with Crippen LogP contribution in [0.3, 0.4) is 0 Å². The highest BCUT2D eigenvalue weighted by Gasteiger charge is 1.91. The first-order chi connectivity index (χ1) is 4.34. The number of nitrogens with zero attached hydrogens (tertiary/aromatic N) is 2. The van der Waals surface area contributed by atoms with Gasteiger partial charge in [-0.25, -0.2) is 4.98 Å². The minimum absolute atomic E-state index is 0. The Morgan fingerprint density at radius 2 is 2.30 bits per heavy atom. The molecule has 0 saturated carbocycles. The Morgan fingerprint density at radius 3 is 2.70 bits per heavy atom. The van der Waals surface area contributed by atoms with Crippen molar-refractivity contribution in [3.63, 3.8) is 0 Å². The summed E-state index contributed by atoms with van der Waals surface area (Å²) in [5, 5.41) is 0.